The first-order valence-corrected chi connectivity index (χ1v) is 9.72. The highest BCUT2D eigenvalue weighted by molar-refractivity contribution is 5.97. The minimum Gasteiger partial charge on any atom is -0.393 e. The second-order valence-corrected chi connectivity index (χ2v) is 7.50. The van der Waals surface area contributed by atoms with Gasteiger partial charge in [0.25, 0.3) is 5.91 Å². The Bertz CT molecular complexity index is 671. The Labute approximate surface area is 162 Å². The van der Waals surface area contributed by atoms with E-state index in [9.17, 15) is 18.7 Å². The smallest absolute Gasteiger partial charge is 0.345 e. The maximum absolute atomic E-state index is 12.3. The number of nitrogens with one attached hydrogen (secondary N) is 2. The molecule has 2 saturated carbocycles. The number of nitrogens with zero attached hydrogens (tertiary/aromatic N) is 2. The summed E-state index contributed by atoms with van der Waals surface area (Å²) in [5.41, 5.74) is 5.63. The summed E-state index contributed by atoms with van der Waals surface area (Å²) >= 11 is 0. The van der Waals surface area contributed by atoms with E-state index >= 15 is 0 Å². The number of carbonyl (C=O) groups excluding carboxylic acids is 1. The first-order chi connectivity index (χ1) is 13.4. The number of anilines is 2. The van der Waals surface area contributed by atoms with Gasteiger partial charge in [-0.25, -0.2) is 4.98 Å². The highest BCUT2D eigenvalue weighted by atomic mass is 19.3. The molecule has 1 aromatic rings. The highest BCUT2D eigenvalue weighted by Gasteiger charge is 2.26. The van der Waals surface area contributed by atoms with Gasteiger partial charge in [-0.3, -0.25) is 4.79 Å². The molecule has 0 saturated heterocycles. The van der Waals surface area contributed by atoms with Gasteiger partial charge in [0.2, 0.25) is 5.95 Å². The number of aliphatic hydroxyl groups excluding tert-OH is 1. The number of rotatable bonds is 7. The lowest BCUT2D eigenvalue weighted by Gasteiger charge is -2.29. The van der Waals surface area contributed by atoms with Gasteiger partial charge in [0.1, 0.15) is 5.82 Å². The zero-order valence-corrected chi connectivity index (χ0v) is 15.6. The number of hydrogen-bond acceptors (Lipinski definition) is 7. The van der Waals surface area contributed by atoms with Gasteiger partial charge in [-0.1, -0.05) is 0 Å². The van der Waals surface area contributed by atoms with Crippen molar-refractivity contribution >= 4 is 17.7 Å². The van der Waals surface area contributed by atoms with Crippen molar-refractivity contribution < 1.29 is 23.4 Å². The van der Waals surface area contributed by atoms with E-state index in [4.69, 9.17) is 5.73 Å². The van der Waals surface area contributed by atoms with Crippen LogP contribution in [0.2, 0.25) is 0 Å². The van der Waals surface area contributed by atoms with E-state index in [-0.39, 0.29) is 23.8 Å². The number of hydrogen-bond donors (Lipinski definition) is 4. The summed E-state index contributed by atoms with van der Waals surface area (Å²) in [6.45, 7) is -2.74. The van der Waals surface area contributed by atoms with Gasteiger partial charge in [0, 0.05) is 18.3 Å². The van der Waals surface area contributed by atoms with Crippen molar-refractivity contribution in [3.8, 4) is 0 Å². The first-order valence-electron chi connectivity index (χ1n) is 9.72. The molecule has 156 valence electrons. The minimum atomic E-state index is -2.74. The van der Waals surface area contributed by atoms with Crippen LogP contribution in [0.5, 0.6) is 0 Å². The van der Waals surface area contributed by atoms with Crippen LogP contribution in [0.25, 0.3) is 0 Å². The van der Waals surface area contributed by atoms with E-state index in [0.29, 0.717) is 43.9 Å². The van der Waals surface area contributed by atoms with Crippen molar-refractivity contribution in [2.24, 2.45) is 5.73 Å². The van der Waals surface area contributed by atoms with Crippen LogP contribution in [0, 0.1) is 0 Å². The van der Waals surface area contributed by atoms with Gasteiger partial charge < -0.3 is 26.2 Å². The molecule has 0 unspecified atom stereocenters. The molecular weight excluding hydrogens is 372 g/mol. The molecule has 5 N–H and O–H groups in total. The second kappa shape index (κ2) is 9.42. The Kier molecular flexibility index (Phi) is 6.95. The number of aromatic nitrogens is 2. The monoisotopic (exact) mass is 399 g/mol. The molecule has 2 atom stereocenters. The summed E-state index contributed by atoms with van der Waals surface area (Å²) in [6, 6.07) is 0.0489. The third-order valence-electron chi connectivity index (χ3n) is 5.34. The van der Waals surface area contributed by atoms with Crippen LogP contribution in [0.1, 0.15) is 61.7 Å². The van der Waals surface area contributed by atoms with Gasteiger partial charge in [-0.05, 0) is 51.4 Å². The summed E-state index contributed by atoms with van der Waals surface area (Å²) < 4.78 is 29.2. The van der Waals surface area contributed by atoms with Crippen molar-refractivity contribution in [1.29, 1.82) is 0 Å². The van der Waals surface area contributed by atoms with Crippen molar-refractivity contribution in [3.63, 3.8) is 0 Å². The lowest BCUT2D eigenvalue weighted by molar-refractivity contribution is -0.169. The van der Waals surface area contributed by atoms with Crippen molar-refractivity contribution in [2.45, 2.75) is 82.3 Å². The number of alkyl halides is 2. The zero-order valence-electron chi connectivity index (χ0n) is 15.6. The molecule has 2 aliphatic carbocycles. The van der Waals surface area contributed by atoms with E-state index in [1.807, 2.05) is 0 Å². The van der Waals surface area contributed by atoms with Crippen LogP contribution in [0.3, 0.4) is 0 Å². The van der Waals surface area contributed by atoms with Crippen LogP contribution < -0.4 is 16.4 Å². The van der Waals surface area contributed by atoms with E-state index in [2.05, 4.69) is 25.3 Å². The summed E-state index contributed by atoms with van der Waals surface area (Å²) in [5, 5.41) is 16.3. The van der Waals surface area contributed by atoms with Crippen LogP contribution in [0.4, 0.5) is 20.5 Å². The molecule has 2 aliphatic rings. The third kappa shape index (κ3) is 5.71. The average Bonchev–Trinajstić information content (AvgIpc) is 2.63. The number of nitrogens with two attached hydrogens (primary N) is 1. The number of aliphatic hydroxyl groups is 1. The van der Waals surface area contributed by atoms with Crippen molar-refractivity contribution in [3.05, 3.63) is 11.8 Å². The normalized spacial score (nSPS) is 28.1. The summed E-state index contributed by atoms with van der Waals surface area (Å²) in [5.74, 6) is 0.0657. The Morgan fingerprint density at radius 3 is 2.57 bits per heavy atom. The molecule has 28 heavy (non-hydrogen) atoms. The Morgan fingerprint density at radius 1 is 1.18 bits per heavy atom. The third-order valence-corrected chi connectivity index (χ3v) is 5.34. The van der Waals surface area contributed by atoms with Gasteiger partial charge >= 0.3 is 6.61 Å². The van der Waals surface area contributed by atoms with Crippen molar-refractivity contribution in [1.82, 2.24) is 9.97 Å². The number of primary amides is 1. The molecule has 0 aromatic carbocycles. The fraction of sp³-hybridized carbons (Fsp3) is 0.722. The van der Waals surface area contributed by atoms with Gasteiger partial charge in [0.15, 0.2) is 0 Å². The Morgan fingerprint density at radius 2 is 1.93 bits per heavy atom. The number of ether oxygens (including phenoxy) is 1. The predicted octanol–water partition coefficient (Wildman–Crippen LogP) is 2.25. The lowest BCUT2D eigenvalue weighted by atomic mass is 9.93. The largest absolute Gasteiger partial charge is 0.393 e. The number of amides is 1. The number of carbonyl (C=O) groups is 1. The summed E-state index contributed by atoms with van der Waals surface area (Å²) in [4.78, 5) is 20.3. The minimum absolute atomic E-state index is 0.00605. The van der Waals surface area contributed by atoms with Crippen LogP contribution >= 0.6 is 0 Å². The molecule has 8 nitrogen and oxygen atoms in total. The topological polar surface area (TPSA) is 122 Å². The molecule has 1 amide bonds. The number of halogens is 2. The maximum Gasteiger partial charge on any atom is 0.345 e. The summed E-state index contributed by atoms with van der Waals surface area (Å²) in [7, 11) is 0. The van der Waals surface area contributed by atoms with E-state index in [1.54, 1.807) is 0 Å². The fourth-order valence-corrected chi connectivity index (χ4v) is 3.90. The fourth-order valence-electron chi connectivity index (χ4n) is 3.90. The lowest BCUT2D eigenvalue weighted by Crippen LogP contribution is -2.33. The first kappa shape index (κ1) is 20.7. The molecule has 0 bridgehead atoms. The van der Waals surface area contributed by atoms with Crippen molar-refractivity contribution in [2.75, 3.05) is 10.6 Å². The van der Waals surface area contributed by atoms with Crippen LogP contribution in [-0.2, 0) is 4.74 Å². The van der Waals surface area contributed by atoms with E-state index in [1.165, 1.54) is 6.20 Å². The van der Waals surface area contributed by atoms with E-state index in [0.717, 1.165) is 19.3 Å². The maximum atomic E-state index is 12.3. The van der Waals surface area contributed by atoms with Crippen LogP contribution in [-0.4, -0.2) is 51.9 Å². The predicted molar refractivity (Wildman–Crippen MR) is 99.2 cm³/mol. The summed E-state index contributed by atoms with van der Waals surface area (Å²) in [6.07, 6.45) is 6.10. The average molecular weight is 399 g/mol. The molecule has 3 rings (SSSR count). The van der Waals surface area contributed by atoms with Gasteiger partial charge in [-0.15, -0.1) is 0 Å². The van der Waals surface area contributed by atoms with Gasteiger partial charge in [0.05, 0.1) is 17.8 Å². The molecule has 0 aliphatic heterocycles. The SMILES string of the molecule is NC(=O)c1cnc(NC2CCC(OC(F)F)CC2)nc1N[C@@H]1CCC[C@H](O)C1. The molecule has 1 aromatic heterocycles. The molecular formula is C18H27F2N5O3. The Hall–Kier alpha value is -2.07. The zero-order chi connectivity index (χ0) is 20.1. The van der Waals surface area contributed by atoms with Crippen LogP contribution in [0.15, 0.2) is 6.20 Å². The van der Waals surface area contributed by atoms with E-state index < -0.39 is 18.6 Å². The second-order valence-electron chi connectivity index (χ2n) is 7.50. The molecule has 1 heterocycles. The Balaban J connectivity index is 1.63. The molecule has 0 radical (unpaired) electrons. The molecule has 10 heteroatoms. The molecule has 0 spiro atoms. The quantitative estimate of drug-likeness (QED) is 0.555. The van der Waals surface area contributed by atoms with Gasteiger partial charge in [-0.2, -0.15) is 13.8 Å². The molecule has 2 fully saturated rings. The standard InChI is InChI=1S/C18H27F2N5O3/c19-17(20)28-13-6-4-10(5-7-13)24-18-22-9-14(15(21)27)16(25-18)23-11-2-1-3-12(26)8-11/h9-13,17,26H,1-8H2,(H2,21,27)(H2,22,23,24,25)/t10?,11-,12+,13?/m1/s1. The highest BCUT2D eigenvalue weighted by Crippen LogP contribution is 2.26.